The number of carbonyl (C=O) groups is 1. The van der Waals surface area contributed by atoms with Crippen molar-refractivity contribution in [3.63, 3.8) is 0 Å². The number of aromatic amines is 1. The normalized spacial score (nSPS) is 10.8. The molecule has 26 heavy (non-hydrogen) atoms. The monoisotopic (exact) mass is 344 g/mol. The lowest BCUT2D eigenvalue weighted by molar-refractivity contribution is 0.102. The van der Waals surface area contributed by atoms with Gasteiger partial charge in [-0.1, -0.05) is 6.07 Å². The van der Waals surface area contributed by atoms with Crippen LogP contribution in [0, 0.1) is 6.92 Å². The average molecular weight is 344 g/mol. The van der Waals surface area contributed by atoms with Gasteiger partial charge in [0.25, 0.3) is 5.91 Å². The minimum Gasteiger partial charge on any atom is -0.397 e. The molecule has 4 aromatic rings. The number of hydrogen-bond acceptors (Lipinski definition) is 5. The van der Waals surface area contributed by atoms with Gasteiger partial charge in [0, 0.05) is 35.2 Å². The molecule has 0 aliphatic heterocycles. The van der Waals surface area contributed by atoms with Gasteiger partial charge in [0.2, 0.25) is 0 Å². The Labute approximate surface area is 149 Å². The summed E-state index contributed by atoms with van der Waals surface area (Å²) in [7, 11) is 0. The van der Waals surface area contributed by atoms with E-state index in [0.29, 0.717) is 17.1 Å². The summed E-state index contributed by atoms with van der Waals surface area (Å²) in [5.74, 6) is -0.290. The number of aromatic nitrogens is 4. The molecule has 0 bridgehead atoms. The maximum absolute atomic E-state index is 12.6. The lowest BCUT2D eigenvalue weighted by Gasteiger charge is -2.08. The van der Waals surface area contributed by atoms with Gasteiger partial charge in [0.05, 0.1) is 17.4 Å². The SMILES string of the molecule is Cc1c(N)cncc1-c1ccc2[nH]nc(C(=O)Nc3ccncc3)c2c1. The van der Waals surface area contributed by atoms with Crippen molar-refractivity contribution in [3.05, 3.63) is 66.4 Å². The zero-order chi connectivity index (χ0) is 18.1. The van der Waals surface area contributed by atoms with Crippen LogP contribution in [0.15, 0.2) is 55.1 Å². The minimum atomic E-state index is -0.290. The van der Waals surface area contributed by atoms with Crippen molar-refractivity contribution in [1.82, 2.24) is 20.2 Å². The van der Waals surface area contributed by atoms with Crippen LogP contribution < -0.4 is 11.1 Å². The molecule has 3 aromatic heterocycles. The number of hydrogen-bond donors (Lipinski definition) is 3. The Morgan fingerprint density at radius 3 is 2.73 bits per heavy atom. The molecule has 3 heterocycles. The molecule has 0 saturated carbocycles. The van der Waals surface area contributed by atoms with Crippen LogP contribution in [-0.2, 0) is 0 Å². The molecule has 0 aliphatic carbocycles. The first kappa shape index (κ1) is 15.8. The standard InChI is InChI=1S/C19H16N6O/c1-11-15(9-22-10-16(11)20)12-2-3-17-14(8-12)18(25-24-17)19(26)23-13-4-6-21-7-5-13/h2-10H,20H2,1H3,(H,24,25)(H,21,23,26). The maximum Gasteiger partial charge on any atom is 0.276 e. The molecule has 128 valence electrons. The molecular formula is C19H16N6O. The van der Waals surface area contributed by atoms with Crippen LogP contribution in [0.1, 0.15) is 16.1 Å². The fraction of sp³-hybridized carbons (Fsp3) is 0.0526. The van der Waals surface area contributed by atoms with E-state index >= 15 is 0 Å². The largest absolute Gasteiger partial charge is 0.397 e. The molecule has 4 rings (SSSR count). The van der Waals surface area contributed by atoms with Crippen molar-refractivity contribution in [2.45, 2.75) is 6.92 Å². The van der Waals surface area contributed by atoms with Crippen molar-refractivity contribution >= 4 is 28.2 Å². The molecule has 0 unspecified atom stereocenters. The second kappa shape index (κ2) is 6.29. The van der Waals surface area contributed by atoms with E-state index in [0.717, 1.165) is 27.6 Å². The zero-order valence-electron chi connectivity index (χ0n) is 14.0. The quantitative estimate of drug-likeness (QED) is 0.529. The maximum atomic E-state index is 12.6. The van der Waals surface area contributed by atoms with Crippen molar-refractivity contribution in [2.75, 3.05) is 11.1 Å². The van der Waals surface area contributed by atoms with Gasteiger partial charge in [-0.15, -0.1) is 0 Å². The lowest BCUT2D eigenvalue weighted by Crippen LogP contribution is -2.12. The van der Waals surface area contributed by atoms with Crippen molar-refractivity contribution in [3.8, 4) is 11.1 Å². The van der Waals surface area contributed by atoms with E-state index in [9.17, 15) is 4.79 Å². The number of fused-ring (bicyclic) bond motifs is 1. The Morgan fingerprint density at radius 1 is 1.12 bits per heavy atom. The van der Waals surface area contributed by atoms with E-state index in [-0.39, 0.29) is 5.91 Å². The highest BCUT2D eigenvalue weighted by atomic mass is 16.1. The van der Waals surface area contributed by atoms with Crippen LogP contribution in [0.2, 0.25) is 0 Å². The van der Waals surface area contributed by atoms with Gasteiger partial charge < -0.3 is 11.1 Å². The number of rotatable bonds is 3. The Bertz CT molecular complexity index is 1100. The summed E-state index contributed by atoms with van der Waals surface area (Å²) in [5, 5.41) is 10.6. The molecule has 1 aromatic carbocycles. The minimum absolute atomic E-state index is 0.290. The number of H-pyrrole nitrogens is 1. The zero-order valence-corrected chi connectivity index (χ0v) is 14.0. The molecule has 7 heteroatoms. The highest BCUT2D eigenvalue weighted by molar-refractivity contribution is 6.11. The third kappa shape index (κ3) is 2.75. The molecule has 0 saturated heterocycles. The van der Waals surface area contributed by atoms with Gasteiger partial charge in [-0.25, -0.2) is 0 Å². The van der Waals surface area contributed by atoms with Crippen LogP contribution in [0.3, 0.4) is 0 Å². The fourth-order valence-electron chi connectivity index (χ4n) is 2.81. The molecule has 7 nitrogen and oxygen atoms in total. The summed E-state index contributed by atoms with van der Waals surface area (Å²) in [6.45, 7) is 1.95. The smallest absolute Gasteiger partial charge is 0.276 e. The van der Waals surface area contributed by atoms with Gasteiger partial charge in [-0.3, -0.25) is 19.9 Å². The molecule has 0 radical (unpaired) electrons. The Kier molecular flexibility index (Phi) is 3.81. The number of anilines is 2. The van der Waals surface area contributed by atoms with E-state index in [1.165, 1.54) is 0 Å². The first-order valence-corrected chi connectivity index (χ1v) is 8.03. The van der Waals surface area contributed by atoms with Crippen LogP contribution in [-0.4, -0.2) is 26.1 Å². The number of benzene rings is 1. The molecule has 0 spiro atoms. The van der Waals surface area contributed by atoms with E-state index in [2.05, 4.69) is 25.5 Å². The van der Waals surface area contributed by atoms with Crippen LogP contribution >= 0.6 is 0 Å². The predicted octanol–water partition coefficient (Wildman–Crippen LogP) is 3.16. The van der Waals surface area contributed by atoms with Crippen molar-refractivity contribution in [2.24, 2.45) is 0 Å². The summed E-state index contributed by atoms with van der Waals surface area (Å²) < 4.78 is 0. The summed E-state index contributed by atoms with van der Waals surface area (Å²) >= 11 is 0. The van der Waals surface area contributed by atoms with Gasteiger partial charge in [0.15, 0.2) is 5.69 Å². The summed E-state index contributed by atoms with van der Waals surface area (Å²) in [4.78, 5) is 20.7. The molecular weight excluding hydrogens is 328 g/mol. The predicted molar refractivity (Wildman–Crippen MR) is 101 cm³/mol. The average Bonchev–Trinajstić information content (AvgIpc) is 3.08. The molecule has 0 fully saturated rings. The second-order valence-electron chi connectivity index (χ2n) is 5.92. The van der Waals surface area contributed by atoms with Crippen molar-refractivity contribution < 1.29 is 4.79 Å². The third-order valence-corrected chi connectivity index (χ3v) is 4.28. The summed E-state index contributed by atoms with van der Waals surface area (Å²) in [6.07, 6.45) is 6.63. The first-order chi connectivity index (χ1) is 12.6. The number of nitrogens with one attached hydrogen (secondary N) is 2. The van der Waals surface area contributed by atoms with E-state index in [1.807, 2.05) is 25.1 Å². The molecule has 0 aliphatic rings. The highest BCUT2D eigenvalue weighted by Crippen LogP contribution is 2.29. The Morgan fingerprint density at radius 2 is 1.92 bits per heavy atom. The highest BCUT2D eigenvalue weighted by Gasteiger charge is 2.16. The fourth-order valence-corrected chi connectivity index (χ4v) is 2.81. The summed E-state index contributed by atoms with van der Waals surface area (Å²) in [5.41, 5.74) is 11.2. The van der Waals surface area contributed by atoms with Crippen LogP contribution in [0.25, 0.3) is 22.0 Å². The molecule has 1 amide bonds. The van der Waals surface area contributed by atoms with E-state index in [4.69, 9.17) is 5.73 Å². The van der Waals surface area contributed by atoms with Gasteiger partial charge in [-0.2, -0.15) is 5.10 Å². The van der Waals surface area contributed by atoms with E-state index in [1.54, 1.807) is 36.9 Å². The Hall–Kier alpha value is -3.74. The van der Waals surface area contributed by atoms with Gasteiger partial charge in [-0.05, 0) is 42.3 Å². The third-order valence-electron chi connectivity index (χ3n) is 4.28. The van der Waals surface area contributed by atoms with Gasteiger partial charge in [0.1, 0.15) is 0 Å². The number of amides is 1. The number of nitrogens with zero attached hydrogens (tertiary/aromatic N) is 3. The van der Waals surface area contributed by atoms with Gasteiger partial charge >= 0.3 is 0 Å². The van der Waals surface area contributed by atoms with Crippen LogP contribution in [0.4, 0.5) is 11.4 Å². The number of pyridine rings is 2. The topological polar surface area (TPSA) is 110 Å². The van der Waals surface area contributed by atoms with Crippen LogP contribution in [0.5, 0.6) is 0 Å². The Balaban J connectivity index is 1.75. The lowest BCUT2D eigenvalue weighted by atomic mass is 10.00. The molecule has 4 N–H and O–H groups in total. The first-order valence-electron chi connectivity index (χ1n) is 8.03. The summed E-state index contributed by atoms with van der Waals surface area (Å²) in [6, 6.07) is 9.21. The number of nitrogens with two attached hydrogens (primary N) is 1. The van der Waals surface area contributed by atoms with E-state index < -0.39 is 0 Å². The van der Waals surface area contributed by atoms with Crippen molar-refractivity contribution in [1.29, 1.82) is 0 Å². The second-order valence-corrected chi connectivity index (χ2v) is 5.92. The number of nitrogen functional groups attached to an aromatic ring is 1. The molecule has 0 atom stereocenters. The number of carbonyl (C=O) groups excluding carboxylic acids is 1.